The quantitative estimate of drug-likeness (QED) is 0.509. The molecule has 8 heteroatoms. The number of hydrogen-bond acceptors (Lipinski definition) is 5. The second-order valence-electron chi connectivity index (χ2n) is 7.19. The van der Waals surface area contributed by atoms with Crippen LogP contribution in [-0.4, -0.2) is 38.4 Å². The van der Waals surface area contributed by atoms with E-state index in [4.69, 9.17) is 0 Å². The Kier molecular flexibility index (Phi) is 4.99. The maximum atomic E-state index is 13.5. The Morgan fingerprint density at radius 1 is 1.20 bits per heavy atom. The first-order valence-corrected chi connectivity index (χ1v) is 9.94. The van der Waals surface area contributed by atoms with Crippen LogP contribution in [0.2, 0.25) is 0 Å². The van der Waals surface area contributed by atoms with E-state index in [1.807, 2.05) is 55.7 Å². The number of carbonyl (C=O) groups is 1. The maximum Gasteiger partial charge on any atom is 0.269 e. The van der Waals surface area contributed by atoms with Crippen molar-refractivity contribution in [3.05, 3.63) is 75.5 Å². The number of carbonyl (C=O) groups excluding carboxylic acids is 1. The zero-order valence-corrected chi connectivity index (χ0v) is 17.1. The predicted molar refractivity (Wildman–Crippen MR) is 115 cm³/mol. The molecule has 3 aromatic rings. The van der Waals surface area contributed by atoms with Crippen LogP contribution in [0.1, 0.15) is 32.4 Å². The first-order chi connectivity index (χ1) is 14.5. The van der Waals surface area contributed by atoms with Crippen molar-refractivity contribution in [2.45, 2.75) is 26.8 Å². The van der Waals surface area contributed by atoms with Crippen LogP contribution in [0.3, 0.4) is 0 Å². The third-order valence-electron chi connectivity index (χ3n) is 5.51. The highest BCUT2D eigenvalue weighted by atomic mass is 16.6. The van der Waals surface area contributed by atoms with E-state index in [0.717, 1.165) is 11.0 Å². The SMILES string of the molecule is CCN(CC)C(=O)C1=C(C)Nc2nc3ccccc3n2[C@H]1c1cccc([N+](=O)[O-])c1. The van der Waals surface area contributed by atoms with Gasteiger partial charge in [0.25, 0.3) is 11.6 Å². The number of amides is 1. The van der Waals surface area contributed by atoms with Crippen molar-refractivity contribution in [1.82, 2.24) is 14.5 Å². The second-order valence-corrected chi connectivity index (χ2v) is 7.19. The number of likely N-dealkylation sites (N-methyl/N-ethyl adjacent to an activating group) is 1. The van der Waals surface area contributed by atoms with Gasteiger partial charge in [-0.1, -0.05) is 24.3 Å². The van der Waals surface area contributed by atoms with Gasteiger partial charge in [-0.3, -0.25) is 19.5 Å². The van der Waals surface area contributed by atoms with Gasteiger partial charge in [-0.15, -0.1) is 0 Å². The molecule has 0 aliphatic carbocycles. The number of aromatic nitrogens is 2. The van der Waals surface area contributed by atoms with Gasteiger partial charge in [-0.05, 0) is 38.5 Å². The Labute approximate surface area is 174 Å². The molecule has 1 atom stereocenters. The van der Waals surface area contributed by atoms with E-state index in [1.54, 1.807) is 11.0 Å². The first kappa shape index (κ1) is 19.6. The molecule has 0 fully saturated rings. The van der Waals surface area contributed by atoms with Crippen LogP contribution >= 0.6 is 0 Å². The molecule has 0 unspecified atom stereocenters. The van der Waals surface area contributed by atoms with Gasteiger partial charge in [0.05, 0.1) is 27.6 Å². The Morgan fingerprint density at radius 2 is 1.93 bits per heavy atom. The normalized spacial score (nSPS) is 15.6. The number of nitro groups is 1. The zero-order valence-electron chi connectivity index (χ0n) is 17.1. The van der Waals surface area contributed by atoms with Gasteiger partial charge in [0.1, 0.15) is 0 Å². The number of anilines is 1. The fourth-order valence-electron chi connectivity index (χ4n) is 4.05. The van der Waals surface area contributed by atoms with E-state index >= 15 is 0 Å². The molecule has 2 aromatic carbocycles. The molecule has 1 amide bonds. The number of hydrogen-bond donors (Lipinski definition) is 1. The molecule has 1 aliphatic rings. The van der Waals surface area contributed by atoms with Crippen molar-refractivity contribution in [1.29, 1.82) is 0 Å². The number of benzene rings is 2. The Bertz CT molecular complexity index is 1180. The number of nitrogens with zero attached hydrogens (tertiary/aromatic N) is 4. The summed E-state index contributed by atoms with van der Waals surface area (Å²) in [6, 6.07) is 13.6. The third kappa shape index (κ3) is 3.10. The molecule has 1 aliphatic heterocycles. The maximum absolute atomic E-state index is 13.5. The van der Waals surface area contributed by atoms with Gasteiger partial charge in [0.15, 0.2) is 0 Å². The number of nitrogens with one attached hydrogen (secondary N) is 1. The average Bonchev–Trinajstić information content (AvgIpc) is 3.11. The van der Waals surface area contributed by atoms with Crippen LogP contribution in [0.25, 0.3) is 11.0 Å². The van der Waals surface area contributed by atoms with Crippen LogP contribution in [0.15, 0.2) is 59.8 Å². The summed E-state index contributed by atoms with van der Waals surface area (Å²) in [5.74, 6) is 0.520. The number of imidazole rings is 1. The van der Waals surface area contributed by atoms with Crippen molar-refractivity contribution in [2.75, 3.05) is 18.4 Å². The number of fused-ring (bicyclic) bond motifs is 3. The molecule has 0 spiro atoms. The minimum atomic E-state index is -0.526. The molecule has 154 valence electrons. The molecule has 2 heterocycles. The number of non-ortho nitro benzene ring substituents is 1. The van der Waals surface area contributed by atoms with Crippen molar-refractivity contribution < 1.29 is 9.72 Å². The van der Waals surface area contributed by atoms with Crippen molar-refractivity contribution in [3.63, 3.8) is 0 Å². The summed E-state index contributed by atoms with van der Waals surface area (Å²) in [6.07, 6.45) is 0. The van der Waals surface area contributed by atoms with Crippen LogP contribution in [0.4, 0.5) is 11.6 Å². The van der Waals surface area contributed by atoms with E-state index in [2.05, 4.69) is 10.3 Å². The lowest BCUT2D eigenvalue weighted by molar-refractivity contribution is -0.384. The van der Waals surface area contributed by atoms with E-state index < -0.39 is 11.0 Å². The molecule has 0 radical (unpaired) electrons. The first-order valence-electron chi connectivity index (χ1n) is 9.94. The lowest BCUT2D eigenvalue weighted by Crippen LogP contribution is -2.37. The molecule has 1 aromatic heterocycles. The minimum Gasteiger partial charge on any atom is -0.339 e. The highest BCUT2D eigenvalue weighted by molar-refractivity contribution is 5.98. The van der Waals surface area contributed by atoms with Crippen LogP contribution in [0.5, 0.6) is 0 Å². The van der Waals surface area contributed by atoms with Crippen molar-refractivity contribution in [3.8, 4) is 0 Å². The lowest BCUT2D eigenvalue weighted by Gasteiger charge is -2.33. The van der Waals surface area contributed by atoms with Gasteiger partial charge < -0.3 is 10.2 Å². The molecule has 1 N–H and O–H groups in total. The highest BCUT2D eigenvalue weighted by Crippen LogP contribution is 2.40. The summed E-state index contributed by atoms with van der Waals surface area (Å²) in [7, 11) is 0. The fraction of sp³-hybridized carbons (Fsp3) is 0.273. The second kappa shape index (κ2) is 7.62. The number of rotatable bonds is 5. The Morgan fingerprint density at radius 3 is 2.63 bits per heavy atom. The van der Waals surface area contributed by atoms with Crippen molar-refractivity contribution in [2.24, 2.45) is 0 Å². The summed E-state index contributed by atoms with van der Waals surface area (Å²) in [5.41, 5.74) is 3.57. The largest absolute Gasteiger partial charge is 0.339 e. The van der Waals surface area contributed by atoms with Gasteiger partial charge in [-0.25, -0.2) is 4.98 Å². The van der Waals surface area contributed by atoms with Crippen LogP contribution < -0.4 is 5.32 Å². The van der Waals surface area contributed by atoms with E-state index in [1.165, 1.54) is 12.1 Å². The number of allylic oxidation sites excluding steroid dienone is 1. The number of nitro benzene ring substituents is 1. The monoisotopic (exact) mass is 405 g/mol. The molecular weight excluding hydrogens is 382 g/mol. The standard InChI is InChI=1S/C22H23N5O3/c1-4-25(5-2)21(28)19-14(3)23-22-24-17-11-6-7-12-18(17)26(22)20(19)15-9-8-10-16(13-15)27(29)30/h6-13,20H,4-5H2,1-3H3,(H,23,24)/t20-/m0/s1. The molecule has 30 heavy (non-hydrogen) atoms. The Hall–Kier alpha value is -3.68. The lowest BCUT2D eigenvalue weighted by atomic mass is 9.93. The van der Waals surface area contributed by atoms with Gasteiger partial charge in [0, 0.05) is 30.9 Å². The van der Waals surface area contributed by atoms with Gasteiger partial charge >= 0.3 is 0 Å². The third-order valence-corrected chi connectivity index (χ3v) is 5.51. The van der Waals surface area contributed by atoms with Gasteiger partial charge in [0.2, 0.25) is 5.95 Å². The van der Waals surface area contributed by atoms with Crippen LogP contribution in [0, 0.1) is 10.1 Å². The van der Waals surface area contributed by atoms with E-state index in [0.29, 0.717) is 35.9 Å². The molecule has 0 saturated heterocycles. The summed E-state index contributed by atoms with van der Waals surface area (Å²) < 4.78 is 1.96. The van der Waals surface area contributed by atoms with E-state index in [-0.39, 0.29) is 11.6 Å². The van der Waals surface area contributed by atoms with Crippen LogP contribution in [-0.2, 0) is 4.79 Å². The predicted octanol–water partition coefficient (Wildman–Crippen LogP) is 4.10. The average molecular weight is 405 g/mol. The van der Waals surface area contributed by atoms with Crippen molar-refractivity contribution >= 4 is 28.6 Å². The Balaban J connectivity index is 1.99. The zero-order chi connectivity index (χ0) is 21.4. The molecule has 0 saturated carbocycles. The number of para-hydroxylation sites is 2. The minimum absolute atomic E-state index is 0.00991. The smallest absolute Gasteiger partial charge is 0.269 e. The summed E-state index contributed by atoms with van der Waals surface area (Å²) >= 11 is 0. The summed E-state index contributed by atoms with van der Waals surface area (Å²) in [6.45, 7) is 6.88. The summed E-state index contributed by atoms with van der Waals surface area (Å²) in [5, 5.41) is 14.7. The van der Waals surface area contributed by atoms with E-state index in [9.17, 15) is 14.9 Å². The molecule has 0 bridgehead atoms. The summed E-state index contributed by atoms with van der Waals surface area (Å²) in [4.78, 5) is 30.9. The fourth-order valence-corrected chi connectivity index (χ4v) is 4.05. The molecular formula is C22H23N5O3. The van der Waals surface area contributed by atoms with Gasteiger partial charge in [-0.2, -0.15) is 0 Å². The topological polar surface area (TPSA) is 93.3 Å². The highest BCUT2D eigenvalue weighted by Gasteiger charge is 2.36. The molecule has 8 nitrogen and oxygen atoms in total. The molecule has 4 rings (SSSR count).